The summed E-state index contributed by atoms with van der Waals surface area (Å²) >= 11 is 1.22. The molecule has 1 N–H and O–H groups in total. The molecule has 6 heteroatoms. The predicted molar refractivity (Wildman–Crippen MR) is 74.7 cm³/mol. The zero-order chi connectivity index (χ0) is 14.7. The molecule has 98 valence electrons. The standard InChI is InChI=1S/C14H8FN3OS/c1-3-8-4-5-9(6-11(8)15)12-10(7-16)13(19)18-14(17-12)20-2/h1,4-6H,2H3,(H,17,18,19). The van der Waals surface area contributed by atoms with Crippen LogP contribution in [0, 0.1) is 29.5 Å². The van der Waals surface area contributed by atoms with Crippen LogP contribution in [-0.2, 0) is 0 Å². The Morgan fingerprint density at radius 2 is 2.25 bits per heavy atom. The van der Waals surface area contributed by atoms with Crippen LogP contribution in [0.1, 0.15) is 11.1 Å². The number of aromatic amines is 1. The van der Waals surface area contributed by atoms with E-state index >= 15 is 0 Å². The fraction of sp³-hybridized carbons (Fsp3) is 0.0714. The summed E-state index contributed by atoms with van der Waals surface area (Å²) in [5.41, 5.74) is -0.122. The summed E-state index contributed by atoms with van der Waals surface area (Å²) in [6.45, 7) is 0. The smallest absolute Gasteiger partial charge is 0.270 e. The molecule has 0 spiro atoms. The van der Waals surface area contributed by atoms with Crippen molar-refractivity contribution in [2.24, 2.45) is 0 Å². The van der Waals surface area contributed by atoms with Gasteiger partial charge in [0.25, 0.3) is 5.56 Å². The van der Waals surface area contributed by atoms with E-state index in [4.69, 9.17) is 11.7 Å². The summed E-state index contributed by atoms with van der Waals surface area (Å²) in [6, 6.07) is 5.89. The fourth-order valence-corrected chi connectivity index (χ4v) is 2.02. The van der Waals surface area contributed by atoms with Crippen LogP contribution in [0.2, 0.25) is 0 Å². The summed E-state index contributed by atoms with van der Waals surface area (Å²) in [5.74, 6) is 1.61. The maximum absolute atomic E-state index is 13.7. The van der Waals surface area contributed by atoms with Gasteiger partial charge >= 0.3 is 0 Å². The molecule has 0 aliphatic rings. The van der Waals surface area contributed by atoms with Crippen molar-refractivity contribution in [1.82, 2.24) is 9.97 Å². The second kappa shape index (κ2) is 5.60. The van der Waals surface area contributed by atoms with Crippen LogP contribution in [0.4, 0.5) is 4.39 Å². The average molecular weight is 285 g/mol. The normalized spacial score (nSPS) is 9.80. The maximum atomic E-state index is 13.7. The first-order valence-corrected chi connectivity index (χ1v) is 6.68. The Bertz CT molecular complexity index is 815. The summed E-state index contributed by atoms with van der Waals surface area (Å²) in [4.78, 5) is 18.4. The molecule has 0 bridgehead atoms. The van der Waals surface area contributed by atoms with Crippen LogP contribution >= 0.6 is 11.8 Å². The van der Waals surface area contributed by atoms with Gasteiger partial charge in [0.2, 0.25) is 0 Å². The second-order valence-corrected chi connectivity index (χ2v) is 4.54. The number of nitrogens with one attached hydrogen (secondary N) is 1. The van der Waals surface area contributed by atoms with Gasteiger partial charge in [0, 0.05) is 5.56 Å². The molecule has 0 atom stereocenters. The number of benzene rings is 1. The van der Waals surface area contributed by atoms with E-state index in [2.05, 4.69) is 15.9 Å². The molecule has 0 saturated heterocycles. The average Bonchev–Trinajstić information content (AvgIpc) is 2.46. The van der Waals surface area contributed by atoms with Crippen LogP contribution in [0.25, 0.3) is 11.3 Å². The minimum absolute atomic E-state index is 0.113. The van der Waals surface area contributed by atoms with Crippen molar-refractivity contribution < 1.29 is 4.39 Å². The third-order valence-corrected chi connectivity index (χ3v) is 3.18. The molecule has 1 aromatic heterocycles. The van der Waals surface area contributed by atoms with Gasteiger partial charge < -0.3 is 4.98 Å². The first kappa shape index (κ1) is 13.9. The van der Waals surface area contributed by atoms with E-state index in [1.165, 1.54) is 30.0 Å². The number of rotatable bonds is 2. The zero-order valence-electron chi connectivity index (χ0n) is 10.4. The molecule has 1 heterocycles. The predicted octanol–water partition coefficient (Wildman–Crippen LogP) is 2.15. The third kappa shape index (κ3) is 2.42. The van der Waals surface area contributed by atoms with E-state index in [0.717, 1.165) is 0 Å². The van der Waals surface area contributed by atoms with Crippen molar-refractivity contribution in [3.05, 3.63) is 45.5 Å². The third-order valence-electron chi connectivity index (χ3n) is 2.60. The minimum Gasteiger partial charge on any atom is -0.300 e. The Morgan fingerprint density at radius 1 is 1.50 bits per heavy atom. The Hall–Kier alpha value is -2.57. The molecule has 0 amide bonds. The van der Waals surface area contributed by atoms with Gasteiger partial charge in [-0.3, -0.25) is 4.79 Å². The molecular formula is C14H8FN3OS. The summed E-state index contributed by atoms with van der Waals surface area (Å²) in [6.07, 6.45) is 6.88. The van der Waals surface area contributed by atoms with E-state index in [9.17, 15) is 9.18 Å². The highest BCUT2D eigenvalue weighted by Gasteiger charge is 2.14. The van der Waals surface area contributed by atoms with Gasteiger partial charge in [-0.1, -0.05) is 23.7 Å². The van der Waals surface area contributed by atoms with Crippen molar-refractivity contribution >= 4 is 11.8 Å². The van der Waals surface area contributed by atoms with Crippen molar-refractivity contribution in [2.45, 2.75) is 5.16 Å². The maximum Gasteiger partial charge on any atom is 0.270 e. The van der Waals surface area contributed by atoms with E-state index in [1.807, 2.05) is 0 Å². The van der Waals surface area contributed by atoms with E-state index in [0.29, 0.717) is 10.7 Å². The lowest BCUT2D eigenvalue weighted by Gasteiger charge is -2.06. The van der Waals surface area contributed by atoms with Crippen molar-refractivity contribution in [3.63, 3.8) is 0 Å². The number of aromatic nitrogens is 2. The molecule has 0 fully saturated rings. The van der Waals surface area contributed by atoms with Crippen molar-refractivity contribution in [2.75, 3.05) is 6.26 Å². The molecule has 2 aromatic rings. The monoisotopic (exact) mass is 285 g/mol. The van der Waals surface area contributed by atoms with Gasteiger partial charge in [-0.05, 0) is 18.4 Å². The first-order chi connectivity index (χ1) is 9.60. The molecule has 0 aliphatic heterocycles. The van der Waals surface area contributed by atoms with E-state index in [-0.39, 0.29) is 16.8 Å². The number of nitriles is 1. The molecule has 4 nitrogen and oxygen atoms in total. The Balaban J connectivity index is 2.72. The highest BCUT2D eigenvalue weighted by molar-refractivity contribution is 7.98. The topological polar surface area (TPSA) is 69.5 Å². The van der Waals surface area contributed by atoms with Gasteiger partial charge in [-0.25, -0.2) is 9.37 Å². The van der Waals surface area contributed by atoms with Crippen LogP contribution in [-0.4, -0.2) is 16.2 Å². The van der Waals surface area contributed by atoms with Crippen molar-refractivity contribution in [1.29, 1.82) is 5.26 Å². The largest absolute Gasteiger partial charge is 0.300 e. The van der Waals surface area contributed by atoms with Gasteiger partial charge in [0.1, 0.15) is 17.4 Å². The number of halogens is 1. The Kier molecular flexibility index (Phi) is 3.88. The van der Waals surface area contributed by atoms with Gasteiger partial charge in [0.15, 0.2) is 5.16 Å². The molecule has 0 unspecified atom stereocenters. The van der Waals surface area contributed by atoms with E-state index in [1.54, 1.807) is 12.3 Å². The molecule has 20 heavy (non-hydrogen) atoms. The number of H-pyrrole nitrogens is 1. The van der Waals surface area contributed by atoms with Crippen LogP contribution in [0.5, 0.6) is 0 Å². The Morgan fingerprint density at radius 3 is 2.80 bits per heavy atom. The number of terminal acetylenes is 1. The fourth-order valence-electron chi connectivity index (χ4n) is 1.64. The quantitative estimate of drug-likeness (QED) is 0.521. The van der Waals surface area contributed by atoms with Gasteiger partial charge in [-0.2, -0.15) is 5.26 Å². The molecule has 0 radical (unpaired) electrons. The number of thioether (sulfide) groups is 1. The van der Waals surface area contributed by atoms with Gasteiger partial charge in [0.05, 0.1) is 11.3 Å². The highest BCUT2D eigenvalue weighted by atomic mass is 32.2. The van der Waals surface area contributed by atoms with Crippen LogP contribution in [0.15, 0.2) is 28.2 Å². The Labute approximate surface area is 118 Å². The molecule has 2 rings (SSSR count). The number of nitrogens with zero attached hydrogens (tertiary/aromatic N) is 2. The van der Waals surface area contributed by atoms with Crippen LogP contribution in [0.3, 0.4) is 0 Å². The second-order valence-electron chi connectivity index (χ2n) is 3.75. The lowest BCUT2D eigenvalue weighted by Crippen LogP contribution is -2.14. The first-order valence-electron chi connectivity index (χ1n) is 5.45. The summed E-state index contributed by atoms with van der Waals surface area (Å²) in [7, 11) is 0. The van der Waals surface area contributed by atoms with Gasteiger partial charge in [-0.15, -0.1) is 6.42 Å². The highest BCUT2D eigenvalue weighted by Crippen LogP contribution is 2.23. The lowest BCUT2D eigenvalue weighted by molar-refractivity contribution is 0.625. The summed E-state index contributed by atoms with van der Waals surface area (Å²) < 4.78 is 13.7. The number of hydrogen-bond acceptors (Lipinski definition) is 4. The van der Waals surface area contributed by atoms with Crippen molar-refractivity contribution in [3.8, 4) is 29.7 Å². The van der Waals surface area contributed by atoms with E-state index < -0.39 is 11.4 Å². The molecular weight excluding hydrogens is 277 g/mol. The minimum atomic E-state index is -0.596. The molecule has 0 aliphatic carbocycles. The molecule has 0 saturated carbocycles. The SMILES string of the molecule is C#Cc1ccc(-c2nc(SC)[nH]c(=O)c2C#N)cc1F. The number of hydrogen-bond donors (Lipinski definition) is 1. The lowest BCUT2D eigenvalue weighted by atomic mass is 10.1. The molecule has 1 aromatic carbocycles. The zero-order valence-corrected chi connectivity index (χ0v) is 11.2. The van der Waals surface area contributed by atoms with Crippen LogP contribution < -0.4 is 5.56 Å². The summed E-state index contributed by atoms with van der Waals surface area (Å²) in [5, 5.41) is 9.40.